The number of quaternary nitrogens is 1. The average molecular weight is 330 g/mol. The van der Waals surface area contributed by atoms with Gasteiger partial charge in [0.15, 0.2) is 6.73 Å². The number of unbranched alkanes of at least 4 members (excludes halogenated alkanes) is 4. The van der Waals surface area contributed by atoms with Crippen molar-refractivity contribution in [2.45, 2.75) is 57.8 Å². The molecule has 0 bridgehead atoms. The highest BCUT2D eigenvalue weighted by Crippen LogP contribution is 2.15. The van der Waals surface area contributed by atoms with Crippen LogP contribution < -0.4 is 0 Å². The molecule has 6 nitrogen and oxygen atoms in total. The number of rotatable bonds is 16. The smallest absolute Gasteiger partial charge is 0.303 e. The predicted molar refractivity (Wildman–Crippen MR) is 89.0 cm³/mol. The van der Waals surface area contributed by atoms with E-state index < -0.39 is 11.9 Å². The third kappa shape index (κ3) is 11.8. The molecule has 0 unspecified atom stereocenters. The van der Waals surface area contributed by atoms with Crippen molar-refractivity contribution in [3.05, 3.63) is 12.7 Å². The predicted octanol–water partition coefficient (Wildman–Crippen LogP) is 2.62. The Morgan fingerprint density at radius 3 is 1.74 bits per heavy atom. The minimum atomic E-state index is -0.837. The maximum atomic E-state index is 10.7. The van der Waals surface area contributed by atoms with Crippen LogP contribution in [0.1, 0.15) is 57.8 Å². The Balaban J connectivity index is 4.38. The normalized spacial score (nSPS) is 11.3. The second-order valence-corrected chi connectivity index (χ2v) is 6.14. The first-order chi connectivity index (χ1) is 11.0. The van der Waals surface area contributed by atoms with E-state index >= 15 is 0 Å². The summed E-state index contributed by atoms with van der Waals surface area (Å²) >= 11 is 0. The van der Waals surface area contributed by atoms with Crippen LogP contribution in [-0.4, -0.2) is 58.1 Å². The Hall–Kier alpha value is -1.40. The second-order valence-electron chi connectivity index (χ2n) is 6.14. The summed E-state index contributed by atoms with van der Waals surface area (Å²) < 4.78 is 0.405. The van der Waals surface area contributed by atoms with Gasteiger partial charge in [-0.15, -0.1) is 6.58 Å². The van der Waals surface area contributed by atoms with Crippen molar-refractivity contribution in [3.8, 4) is 0 Å². The molecular formula is C17H32NO5+. The van der Waals surface area contributed by atoms with Crippen LogP contribution in [0.4, 0.5) is 0 Å². The molecule has 0 aromatic heterocycles. The minimum absolute atomic E-state index is 0.0636. The third-order valence-electron chi connectivity index (χ3n) is 4.14. The number of aliphatic hydroxyl groups is 1. The molecular weight excluding hydrogens is 298 g/mol. The molecule has 0 rings (SSSR count). The number of aliphatic carboxylic acids is 2. The monoisotopic (exact) mass is 330 g/mol. The standard InChI is InChI=1S/C17H31NO5/c1-2-3-4-5-6-7-12-18(15-19,13-8-10-16(20)21)14-9-11-17(22)23/h2,19H,1,3-15H2,(H-,20,21,22,23)/p+1. The first kappa shape index (κ1) is 21.6. The van der Waals surface area contributed by atoms with E-state index in [1.165, 1.54) is 0 Å². The molecule has 0 saturated heterocycles. The summed E-state index contributed by atoms with van der Waals surface area (Å²) in [6, 6.07) is 0. The topological polar surface area (TPSA) is 94.8 Å². The zero-order valence-electron chi connectivity index (χ0n) is 14.1. The van der Waals surface area contributed by atoms with Gasteiger partial charge in [-0.3, -0.25) is 9.59 Å². The highest BCUT2D eigenvalue weighted by Gasteiger charge is 2.26. The van der Waals surface area contributed by atoms with E-state index in [2.05, 4.69) is 6.58 Å². The van der Waals surface area contributed by atoms with Crippen molar-refractivity contribution >= 4 is 11.9 Å². The van der Waals surface area contributed by atoms with Gasteiger partial charge in [-0.2, -0.15) is 0 Å². The Morgan fingerprint density at radius 1 is 0.826 bits per heavy atom. The van der Waals surface area contributed by atoms with E-state index in [1.54, 1.807) is 0 Å². The van der Waals surface area contributed by atoms with Gasteiger partial charge in [-0.1, -0.05) is 12.5 Å². The quantitative estimate of drug-likeness (QED) is 0.175. The summed E-state index contributed by atoms with van der Waals surface area (Å²) in [6.45, 7) is 5.56. The third-order valence-corrected chi connectivity index (χ3v) is 4.14. The van der Waals surface area contributed by atoms with Crippen LogP contribution in [0.5, 0.6) is 0 Å². The fraction of sp³-hybridized carbons (Fsp3) is 0.765. The molecule has 0 amide bonds. The van der Waals surface area contributed by atoms with Crippen LogP contribution >= 0.6 is 0 Å². The van der Waals surface area contributed by atoms with Crippen LogP contribution in [0, 0.1) is 0 Å². The van der Waals surface area contributed by atoms with Gasteiger partial charge in [0.25, 0.3) is 0 Å². The summed E-state index contributed by atoms with van der Waals surface area (Å²) in [5.41, 5.74) is 0. The fourth-order valence-electron chi connectivity index (χ4n) is 2.77. The van der Waals surface area contributed by atoms with E-state index in [-0.39, 0.29) is 19.6 Å². The van der Waals surface area contributed by atoms with Gasteiger partial charge in [0.1, 0.15) is 0 Å². The summed E-state index contributed by atoms with van der Waals surface area (Å²) in [4.78, 5) is 21.4. The number of carbonyl (C=O) groups is 2. The summed E-state index contributed by atoms with van der Waals surface area (Å²) in [5.74, 6) is -1.67. The molecule has 3 N–H and O–H groups in total. The van der Waals surface area contributed by atoms with Gasteiger partial charge in [0, 0.05) is 12.8 Å². The van der Waals surface area contributed by atoms with Crippen LogP contribution in [0.25, 0.3) is 0 Å². The van der Waals surface area contributed by atoms with E-state index in [9.17, 15) is 14.7 Å². The lowest BCUT2D eigenvalue weighted by molar-refractivity contribution is -0.945. The first-order valence-corrected chi connectivity index (χ1v) is 8.46. The van der Waals surface area contributed by atoms with E-state index in [0.29, 0.717) is 30.4 Å². The average Bonchev–Trinajstić information content (AvgIpc) is 2.49. The van der Waals surface area contributed by atoms with E-state index in [0.717, 1.165) is 38.6 Å². The first-order valence-electron chi connectivity index (χ1n) is 8.46. The zero-order valence-corrected chi connectivity index (χ0v) is 14.1. The van der Waals surface area contributed by atoms with Crippen molar-refractivity contribution < 1.29 is 29.4 Å². The Labute approximate surface area is 139 Å². The van der Waals surface area contributed by atoms with Crippen LogP contribution in [0.2, 0.25) is 0 Å². The van der Waals surface area contributed by atoms with Crippen molar-refractivity contribution in [2.75, 3.05) is 26.4 Å². The van der Waals surface area contributed by atoms with Gasteiger partial charge in [-0.25, -0.2) is 0 Å². The van der Waals surface area contributed by atoms with Crippen LogP contribution in [0.15, 0.2) is 12.7 Å². The van der Waals surface area contributed by atoms with Gasteiger partial charge < -0.3 is 19.8 Å². The Morgan fingerprint density at radius 2 is 1.30 bits per heavy atom. The molecule has 0 heterocycles. The molecule has 6 heteroatoms. The molecule has 23 heavy (non-hydrogen) atoms. The lowest BCUT2D eigenvalue weighted by Crippen LogP contribution is -2.51. The lowest BCUT2D eigenvalue weighted by atomic mass is 10.1. The van der Waals surface area contributed by atoms with Crippen molar-refractivity contribution in [2.24, 2.45) is 0 Å². The van der Waals surface area contributed by atoms with Gasteiger partial charge in [0.2, 0.25) is 0 Å². The number of aliphatic hydroxyl groups excluding tert-OH is 1. The molecule has 0 fully saturated rings. The van der Waals surface area contributed by atoms with E-state index in [4.69, 9.17) is 10.2 Å². The molecule has 0 aromatic carbocycles. The molecule has 0 atom stereocenters. The molecule has 0 saturated carbocycles. The highest BCUT2D eigenvalue weighted by atomic mass is 16.4. The molecule has 0 aromatic rings. The Bertz CT molecular complexity index is 337. The number of carboxylic acid groups (broad SMARTS) is 2. The molecule has 0 aliphatic heterocycles. The Kier molecular flexibility index (Phi) is 12.3. The highest BCUT2D eigenvalue weighted by molar-refractivity contribution is 5.66. The summed E-state index contributed by atoms with van der Waals surface area (Å²) in [6.07, 6.45) is 8.32. The van der Waals surface area contributed by atoms with Gasteiger partial charge >= 0.3 is 11.9 Å². The SMILES string of the molecule is C=CCCCCCC[N+](CO)(CCCC(=O)O)CCCC(=O)O. The lowest BCUT2D eigenvalue weighted by Gasteiger charge is -2.37. The number of nitrogens with zero attached hydrogens (tertiary/aromatic N) is 1. The molecule has 0 aliphatic carbocycles. The van der Waals surface area contributed by atoms with Gasteiger partial charge in [-0.05, 0) is 25.7 Å². The number of hydrogen-bond donors (Lipinski definition) is 3. The summed E-state index contributed by atoms with van der Waals surface area (Å²) in [7, 11) is 0. The van der Waals surface area contributed by atoms with Crippen molar-refractivity contribution in [1.29, 1.82) is 0 Å². The maximum absolute atomic E-state index is 10.7. The van der Waals surface area contributed by atoms with Crippen LogP contribution in [0.3, 0.4) is 0 Å². The van der Waals surface area contributed by atoms with E-state index in [1.807, 2.05) is 6.08 Å². The fourth-order valence-corrected chi connectivity index (χ4v) is 2.77. The molecule has 134 valence electrons. The van der Waals surface area contributed by atoms with Crippen LogP contribution in [-0.2, 0) is 9.59 Å². The number of carboxylic acids is 2. The largest absolute Gasteiger partial charge is 0.481 e. The van der Waals surface area contributed by atoms with Crippen molar-refractivity contribution in [3.63, 3.8) is 0 Å². The second kappa shape index (κ2) is 13.1. The summed E-state index contributed by atoms with van der Waals surface area (Å²) in [5, 5.41) is 27.4. The number of allylic oxidation sites excluding steroid dienone is 1. The molecule has 0 spiro atoms. The molecule has 0 aliphatic rings. The minimum Gasteiger partial charge on any atom is -0.481 e. The van der Waals surface area contributed by atoms with Gasteiger partial charge in [0.05, 0.1) is 32.5 Å². The van der Waals surface area contributed by atoms with Crippen molar-refractivity contribution in [1.82, 2.24) is 0 Å². The number of hydrogen-bond acceptors (Lipinski definition) is 3. The molecule has 0 radical (unpaired) electrons. The zero-order chi connectivity index (χ0) is 17.6. The maximum Gasteiger partial charge on any atom is 0.303 e.